The lowest BCUT2D eigenvalue weighted by molar-refractivity contribution is -0.384. The first-order valence-electron chi connectivity index (χ1n) is 10.4. The van der Waals surface area contributed by atoms with Crippen molar-refractivity contribution in [3.63, 3.8) is 0 Å². The third kappa shape index (κ3) is 5.54. The van der Waals surface area contributed by atoms with Crippen LogP contribution in [0, 0.1) is 22.0 Å². The van der Waals surface area contributed by atoms with E-state index in [1.165, 1.54) is 12.1 Å². The molecule has 1 heterocycles. The molecule has 1 saturated carbocycles. The van der Waals surface area contributed by atoms with Crippen molar-refractivity contribution in [2.24, 2.45) is 11.8 Å². The average Bonchev–Trinajstić information content (AvgIpc) is 2.73. The number of carbonyl (C=O) groups is 1. The Morgan fingerprint density at radius 1 is 1.29 bits per heavy atom. The molecule has 1 amide bonds. The summed E-state index contributed by atoms with van der Waals surface area (Å²) in [7, 11) is -3.94. The van der Waals surface area contributed by atoms with E-state index in [1.54, 1.807) is 0 Å². The molecule has 1 aromatic rings. The molecule has 1 aromatic carbocycles. The smallest absolute Gasteiger partial charge is 0.289 e. The molecule has 1 aliphatic carbocycles. The summed E-state index contributed by atoms with van der Waals surface area (Å²) in [5.74, 6) is 0.296. The van der Waals surface area contributed by atoms with Crippen LogP contribution in [-0.4, -0.2) is 56.0 Å². The molecule has 9 nitrogen and oxygen atoms in total. The zero-order valence-corrected chi connectivity index (χ0v) is 19.2. The minimum atomic E-state index is -3.94. The number of amides is 1. The lowest BCUT2D eigenvalue weighted by atomic mass is 9.85. The van der Waals surface area contributed by atoms with E-state index in [2.05, 4.69) is 18.6 Å². The van der Waals surface area contributed by atoms with Gasteiger partial charge in [0.2, 0.25) is 15.9 Å². The number of nitrogens with zero attached hydrogens (tertiary/aromatic N) is 2. The third-order valence-corrected chi connectivity index (χ3v) is 7.88. The van der Waals surface area contributed by atoms with E-state index in [0.29, 0.717) is 51.4 Å². The molecule has 11 heteroatoms. The highest BCUT2D eigenvalue weighted by molar-refractivity contribution is 7.89. The molecule has 2 aliphatic rings. The second kappa shape index (κ2) is 9.81. The summed E-state index contributed by atoms with van der Waals surface area (Å²) in [5, 5.41) is 10.9. The number of hydrogen-bond donors (Lipinski definition) is 1. The maximum Gasteiger partial charge on any atom is 0.289 e. The van der Waals surface area contributed by atoms with E-state index in [-0.39, 0.29) is 33.8 Å². The standard InChI is InChI=1S/C20H28ClN3O6S/c1-13(2)19-12-30-10-9-23(19)20(25)14-3-5-15(6-4-14)22-31(28,29)16-7-8-17(21)18(11-16)24(26)27/h7-8,11,13-15,19,22H,3-6,9-10,12H2,1-2H3/t14-,15-,19-/m1/s1. The summed E-state index contributed by atoms with van der Waals surface area (Å²) in [5.41, 5.74) is -0.455. The van der Waals surface area contributed by atoms with Crippen molar-refractivity contribution in [1.82, 2.24) is 9.62 Å². The Bertz CT molecular complexity index is 931. The van der Waals surface area contributed by atoms with Gasteiger partial charge in [-0.25, -0.2) is 13.1 Å². The first kappa shape index (κ1) is 23.9. The van der Waals surface area contributed by atoms with E-state index >= 15 is 0 Å². The van der Waals surface area contributed by atoms with E-state index in [4.69, 9.17) is 16.3 Å². The monoisotopic (exact) mass is 473 g/mol. The number of hydrogen-bond acceptors (Lipinski definition) is 6. The van der Waals surface area contributed by atoms with E-state index in [1.807, 2.05) is 4.90 Å². The van der Waals surface area contributed by atoms with Crippen molar-refractivity contribution < 1.29 is 22.9 Å². The van der Waals surface area contributed by atoms with Crippen molar-refractivity contribution in [3.8, 4) is 0 Å². The van der Waals surface area contributed by atoms with E-state index in [0.717, 1.165) is 6.07 Å². The number of halogens is 1. The third-order valence-electron chi connectivity index (χ3n) is 6.04. The van der Waals surface area contributed by atoms with Crippen molar-refractivity contribution in [2.75, 3.05) is 19.8 Å². The number of sulfonamides is 1. The van der Waals surface area contributed by atoms with Crippen molar-refractivity contribution in [2.45, 2.75) is 56.5 Å². The van der Waals surface area contributed by atoms with Gasteiger partial charge >= 0.3 is 0 Å². The quantitative estimate of drug-likeness (QED) is 0.501. The Balaban J connectivity index is 1.61. The first-order valence-corrected chi connectivity index (χ1v) is 12.3. The van der Waals surface area contributed by atoms with Crippen molar-refractivity contribution >= 4 is 33.2 Å². The molecule has 31 heavy (non-hydrogen) atoms. The molecule has 2 fully saturated rings. The van der Waals surface area contributed by atoms with E-state index in [9.17, 15) is 23.3 Å². The van der Waals surface area contributed by atoms with Crippen LogP contribution in [0.3, 0.4) is 0 Å². The number of nitro groups is 1. The zero-order chi connectivity index (χ0) is 22.8. The molecular weight excluding hydrogens is 446 g/mol. The molecule has 0 spiro atoms. The van der Waals surface area contributed by atoms with Crippen LogP contribution in [0.1, 0.15) is 39.5 Å². The lowest BCUT2D eigenvalue weighted by Gasteiger charge is -2.41. The highest BCUT2D eigenvalue weighted by Crippen LogP contribution is 2.31. The fourth-order valence-electron chi connectivity index (χ4n) is 4.23. The molecule has 0 aromatic heterocycles. The van der Waals surface area contributed by atoms with Crippen LogP contribution in [0.4, 0.5) is 5.69 Å². The molecule has 3 rings (SSSR count). The molecule has 1 aliphatic heterocycles. The number of benzene rings is 1. The largest absolute Gasteiger partial charge is 0.377 e. The van der Waals surface area contributed by atoms with Crippen molar-refractivity contribution in [1.29, 1.82) is 0 Å². The van der Waals surface area contributed by atoms with Gasteiger partial charge in [0.25, 0.3) is 5.69 Å². The Morgan fingerprint density at radius 3 is 2.58 bits per heavy atom. The van der Waals surface area contributed by atoms with Gasteiger partial charge in [0.15, 0.2) is 0 Å². The van der Waals surface area contributed by atoms with Crippen LogP contribution in [0.2, 0.25) is 5.02 Å². The predicted octanol–water partition coefficient (Wildman–Crippen LogP) is 2.97. The average molecular weight is 474 g/mol. The Labute approximate surface area is 187 Å². The maximum atomic E-state index is 13.1. The van der Waals surface area contributed by atoms with Crippen LogP contribution in [-0.2, 0) is 19.6 Å². The van der Waals surface area contributed by atoms with Gasteiger partial charge < -0.3 is 9.64 Å². The zero-order valence-electron chi connectivity index (χ0n) is 17.6. The summed E-state index contributed by atoms with van der Waals surface area (Å²) in [6.45, 7) is 5.82. The number of nitro benzene ring substituents is 1. The fraction of sp³-hybridized carbons (Fsp3) is 0.650. The van der Waals surface area contributed by atoms with Gasteiger partial charge in [-0.1, -0.05) is 25.4 Å². The summed E-state index contributed by atoms with van der Waals surface area (Å²) in [6, 6.07) is 3.16. The maximum absolute atomic E-state index is 13.1. The lowest BCUT2D eigenvalue weighted by Crippen LogP contribution is -2.53. The summed E-state index contributed by atoms with van der Waals surface area (Å²) in [4.78, 5) is 25.1. The number of nitrogens with one attached hydrogen (secondary N) is 1. The number of morpholine rings is 1. The van der Waals surface area contributed by atoms with Crippen LogP contribution in [0.5, 0.6) is 0 Å². The topological polar surface area (TPSA) is 119 Å². The SMILES string of the molecule is CC(C)[C@H]1COCCN1C(=O)[C@H]1CC[C@H](NS(=O)(=O)c2ccc(Cl)c([N+](=O)[O-])c2)CC1. The molecule has 1 atom stereocenters. The van der Waals surface area contributed by atoms with Crippen molar-refractivity contribution in [3.05, 3.63) is 33.3 Å². The van der Waals surface area contributed by atoms with Crippen LogP contribution in [0.25, 0.3) is 0 Å². The van der Waals surface area contributed by atoms with E-state index < -0.39 is 20.6 Å². The number of ether oxygens (including phenoxy) is 1. The molecule has 0 unspecified atom stereocenters. The summed E-state index contributed by atoms with van der Waals surface area (Å²) >= 11 is 5.77. The van der Waals surface area contributed by atoms with Gasteiger partial charge in [0.05, 0.1) is 29.1 Å². The molecule has 1 N–H and O–H groups in total. The number of carbonyl (C=O) groups excluding carboxylic acids is 1. The molecule has 172 valence electrons. The number of rotatable bonds is 6. The summed E-state index contributed by atoms with van der Waals surface area (Å²) < 4.78 is 33.6. The molecule has 1 saturated heterocycles. The Kier molecular flexibility index (Phi) is 7.56. The fourth-order valence-corrected chi connectivity index (χ4v) is 5.74. The van der Waals surface area contributed by atoms with Gasteiger partial charge in [-0.3, -0.25) is 14.9 Å². The second-order valence-corrected chi connectivity index (χ2v) is 10.6. The normalized spacial score (nSPS) is 24.9. The second-order valence-electron chi connectivity index (χ2n) is 8.46. The van der Waals surface area contributed by atoms with Gasteiger partial charge in [0, 0.05) is 24.6 Å². The van der Waals surface area contributed by atoms with Gasteiger partial charge in [0.1, 0.15) is 5.02 Å². The molecule has 0 radical (unpaired) electrons. The van der Waals surface area contributed by atoms with Crippen LogP contribution < -0.4 is 4.72 Å². The minimum Gasteiger partial charge on any atom is -0.377 e. The highest BCUT2D eigenvalue weighted by atomic mass is 35.5. The predicted molar refractivity (Wildman–Crippen MR) is 115 cm³/mol. The highest BCUT2D eigenvalue weighted by Gasteiger charge is 2.36. The minimum absolute atomic E-state index is 0.0678. The van der Waals surface area contributed by atoms with Gasteiger partial charge in [-0.15, -0.1) is 0 Å². The molecular formula is C20H28ClN3O6S. The van der Waals surface area contributed by atoms with Crippen LogP contribution >= 0.6 is 11.6 Å². The Hall–Kier alpha value is -1.75. The first-order chi connectivity index (χ1) is 14.6. The van der Waals surface area contributed by atoms with Gasteiger partial charge in [-0.2, -0.15) is 0 Å². The Morgan fingerprint density at radius 2 is 1.97 bits per heavy atom. The summed E-state index contributed by atoms with van der Waals surface area (Å²) in [6.07, 6.45) is 2.24. The van der Waals surface area contributed by atoms with Crippen LogP contribution in [0.15, 0.2) is 23.1 Å². The molecule has 0 bridgehead atoms. The van der Waals surface area contributed by atoms with Gasteiger partial charge in [-0.05, 0) is 43.7 Å².